The largest absolute Gasteiger partial charge is 0.489 e. The predicted molar refractivity (Wildman–Crippen MR) is 128 cm³/mol. The van der Waals surface area contributed by atoms with Gasteiger partial charge in [0.25, 0.3) is 0 Å². The van der Waals surface area contributed by atoms with Gasteiger partial charge in [-0.2, -0.15) is 0 Å². The lowest BCUT2D eigenvalue weighted by atomic mass is 9.94. The molecule has 0 saturated heterocycles. The monoisotopic (exact) mass is 440 g/mol. The van der Waals surface area contributed by atoms with Crippen LogP contribution < -0.4 is 9.47 Å². The Morgan fingerprint density at radius 1 is 1.06 bits per heavy atom. The minimum Gasteiger partial charge on any atom is -0.489 e. The van der Waals surface area contributed by atoms with Crippen LogP contribution in [0.1, 0.15) is 49.0 Å². The van der Waals surface area contributed by atoms with E-state index in [1.165, 1.54) is 0 Å². The molecule has 2 unspecified atom stereocenters. The lowest BCUT2D eigenvalue weighted by molar-refractivity contribution is -0.101. The molecule has 0 aliphatic heterocycles. The molecule has 1 N–H and O–H groups in total. The summed E-state index contributed by atoms with van der Waals surface area (Å²) in [6.07, 6.45) is 4.89. The highest BCUT2D eigenvalue weighted by atomic mass is 16.7. The molecule has 0 saturated carbocycles. The van der Waals surface area contributed by atoms with Crippen molar-refractivity contribution in [1.82, 2.24) is 0 Å². The van der Waals surface area contributed by atoms with Gasteiger partial charge in [-0.3, -0.25) is 0 Å². The van der Waals surface area contributed by atoms with Gasteiger partial charge in [0.15, 0.2) is 6.29 Å². The second-order valence-corrected chi connectivity index (χ2v) is 7.67. The molecule has 2 atom stereocenters. The number of hydrogen-bond donors (Lipinski definition) is 1. The van der Waals surface area contributed by atoms with Gasteiger partial charge in [0.1, 0.15) is 24.2 Å². The maximum Gasteiger partial charge on any atom is 0.160 e. The van der Waals surface area contributed by atoms with Crippen LogP contribution >= 0.6 is 0 Å². The standard InChI is InChI=1S/C27H36O5/c1-6-8-10-15-24(28)27-22(17-26(29-4)30-5)16-23(18-25(27)32-20(3)7-2)31-19-21-13-11-9-12-14-21/h6-7,9,11-14,16,18,20,24,26,28H,1-2,8,10,15,17,19H2,3-5H3. The Labute approximate surface area is 192 Å². The molecule has 2 aromatic carbocycles. The van der Waals surface area contributed by atoms with Crippen molar-refractivity contribution >= 4 is 0 Å². The van der Waals surface area contributed by atoms with E-state index in [4.69, 9.17) is 18.9 Å². The minimum absolute atomic E-state index is 0.230. The van der Waals surface area contributed by atoms with Crippen molar-refractivity contribution in [1.29, 1.82) is 0 Å². The van der Waals surface area contributed by atoms with Crippen LogP contribution in [-0.2, 0) is 22.5 Å². The molecule has 0 aliphatic rings. The summed E-state index contributed by atoms with van der Waals surface area (Å²) in [5.41, 5.74) is 2.66. The maximum absolute atomic E-state index is 11.1. The Morgan fingerprint density at radius 3 is 2.41 bits per heavy atom. The van der Waals surface area contributed by atoms with Crippen LogP contribution in [0.2, 0.25) is 0 Å². The predicted octanol–water partition coefficient (Wildman–Crippen LogP) is 5.77. The van der Waals surface area contributed by atoms with Crippen molar-refractivity contribution < 1.29 is 24.1 Å². The van der Waals surface area contributed by atoms with Crippen molar-refractivity contribution in [3.05, 3.63) is 84.5 Å². The average molecular weight is 441 g/mol. The first-order valence-corrected chi connectivity index (χ1v) is 11.0. The average Bonchev–Trinajstić information content (AvgIpc) is 2.81. The second kappa shape index (κ2) is 13.7. The number of aliphatic hydroxyl groups is 1. The van der Waals surface area contributed by atoms with E-state index in [1.807, 2.05) is 55.5 Å². The Bertz CT molecular complexity index is 829. The van der Waals surface area contributed by atoms with Gasteiger partial charge in [-0.1, -0.05) is 49.1 Å². The zero-order valence-corrected chi connectivity index (χ0v) is 19.5. The van der Waals surface area contributed by atoms with E-state index in [1.54, 1.807) is 20.3 Å². The number of hydrogen-bond acceptors (Lipinski definition) is 5. The van der Waals surface area contributed by atoms with Crippen molar-refractivity contribution in [2.75, 3.05) is 14.2 Å². The summed E-state index contributed by atoms with van der Waals surface area (Å²) < 4.78 is 23.1. The summed E-state index contributed by atoms with van der Waals surface area (Å²) in [5, 5.41) is 11.1. The molecule has 174 valence electrons. The van der Waals surface area contributed by atoms with Crippen LogP contribution in [0.4, 0.5) is 0 Å². The van der Waals surface area contributed by atoms with E-state index in [9.17, 15) is 5.11 Å². The highest BCUT2D eigenvalue weighted by Gasteiger charge is 2.23. The highest BCUT2D eigenvalue weighted by molar-refractivity contribution is 5.48. The Kier molecular flexibility index (Phi) is 11.0. The first-order chi connectivity index (χ1) is 15.5. The molecule has 32 heavy (non-hydrogen) atoms. The zero-order valence-electron chi connectivity index (χ0n) is 19.5. The van der Waals surface area contributed by atoms with Gasteiger partial charge < -0.3 is 24.1 Å². The summed E-state index contributed by atoms with van der Waals surface area (Å²) in [4.78, 5) is 0. The van der Waals surface area contributed by atoms with Crippen molar-refractivity contribution in [3.63, 3.8) is 0 Å². The number of unbranched alkanes of at least 4 members (excludes halogenated alkanes) is 1. The lowest BCUT2D eigenvalue weighted by Gasteiger charge is -2.24. The topological polar surface area (TPSA) is 57.2 Å². The maximum atomic E-state index is 11.1. The minimum atomic E-state index is -0.700. The molecule has 2 rings (SSSR count). The van der Waals surface area contributed by atoms with Crippen LogP contribution in [0, 0.1) is 0 Å². The summed E-state index contributed by atoms with van der Waals surface area (Å²) in [5.74, 6) is 1.23. The molecule has 0 amide bonds. The van der Waals surface area contributed by atoms with Crippen LogP contribution in [-0.4, -0.2) is 31.7 Å². The third kappa shape index (κ3) is 7.83. The van der Waals surface area contributed by atoms with Crippen LogP contribution in [0.25, 0.3) is 0 Å². The van der Waals surface area contributed by atoms with Gasteiger partial charge in [-0.05, 0) is 43.4 Å². The Balaban J connectivity index is 2.44. The fourth-order valence-electron chi connectivity index (χ4n) is 3.42. The molecule has 0 spiro atoms. The van der Waals surface area contributed by atoms with Crippen molar-refractivity contribution in [2.45, 2.75) is 57.7 Å². The molecule has 0 aliphatic carbocycles. The molecule has 0 fully saturated rings. The molecular weight excluding hydrogens is 404 g/mol. The summed E-state index contributed by atoms with van der Waals surface area (Å²) in [6.45, 7) is 9.92. The number of allylic oxidation sites excluding steroid dienone is 1. The molecule has 5 nitrogen and oxygen atoms in total. The molecule has 2 aromatic rings. The van der Waals surface area contributed by atoms with Crippen LogP contribution in [0.5, 0.6) is 11.5 Å². The van der Waals surface area contributed by atoms with E-state index in [2.05, 4.69) is 13.2 Å². The number of benzene rings is 2. The first kappa shape index (κ1) is 25.7. The van der Waals surface area contributed by atoms with Gasteiger partial charge in [-0.25, -0.2) is 0 Å². The van der Waals surface area contributed by atoms with Crippen molar-refractivity contribution in [2.24, 2.45) is 0 Å². The summed E-state index contributed by atoms with van der Waals surface area (Å²) >= 11 is 0. The fourth-order valence-corrected chi connectivity index (χ4v) is 3.42. The number of methoxy groups -OCH3 is 2. The van der Waals surface area contributed by atoms with E-state index >= 15 is 0 Å². The van der Waals surface area contributed by atoms with E-state index < -0.39 is 12.4 Å². The summed E-state index contributed by atoms with van der Waals surface area (Å²) in [7, 11) is 3.20. The third-order valence-corrected chi connectivity index (χ3v) is 5.23. The van der Waals surface area contributed by atoms with Gasteiger partial charge in [0.05, 0.1) is 6.10 Å². The third-order valence-electron chi connectivity index (χ3n) is 5.23. The first-order valence-electron chi connectivity index (χ1n) is 11.0. The molecule has 0 bridgehead atoms. The van der Waals surface area contributed by atoms with Crippen LogP contribution in [0.15, 0.2) is 67.8 Å². The quantitative estimate of drug-likeness (QED) is 0.216. The highest BCUT2D eigenvalue weighted by Crippen LogP contribution is 2.37. The van der Waals surface area contributed by atoms with E-state index in [-0.39, 0.29) is 6.10 Å². The number of ether oxygens (including phenoxy) is 4. The molecule has 5 heteroatoms. The molecular formula is C27H36O5. The van der Waals surface area contributed by atoms with Crippen molar-refractivity contribution in [3.8, 4) is 11.5 Å². The Hall–Kier alpha value is -2.60. The van der Waals surface area contributed by atoms with Gasteiger partial charge >= 0.3 is 0 Å². The SMILES string of the molecule is C=CCCCC(O)c1c(CC(OC)OC)cc(OCc2ccccc2)cc1OC(C)C=C. The van der Waals surface area contributed by atoms with E-state index in [0.717, 1.165) is 29.5 Å². The lowest BCUT2D eigenvalue weighted by Crippen LogP contribution is -2.19. The van der Waals surface area contributed by atoms with Gasteiger partial charge in [-0.15, -0.1) is 6.58 Å². The van der Waals surface area contributed by atoms with Gasteiger partial charge in [0, 0.05) is 32.3 Å². The molecule has 0 radical (unpaired) electrons. The van der Waals surface area contributed by atoms with E-state index in [0.29, 0.717) is 30.9 Å². The molecule has 0 heterocycles. The second-order valence-electron chi connectivity index (χ2n) is 7.67. The number of rotatable bonds is 15. The summed E-state index contributed by atoms with van der Waals surface area (Å²) in [6, 6.07) is 13.7. The fraction of sp³-hybridized carbons (Fsp3) is 0.407. The molecule has 0 aromatic heterocycles. The van der Waals surface area contributed by atoms with Crippen LogP contribution in [0.3, 0.4) is 0 Å². The van der Waals surface area contributed by atoms with Gasteiger partial charge in [0.2, 0.25) is 0 Å². The normalized spacial score (nSPS) is 12.9. The zero-order chi connectivity index (χ0) is 23.3. The number of aliphatic hydroxyl groups excluding tert-OH is 1. The Morgan fingerprint density at radius 2 is 1.78 bits per heavy atom. The smallest absolute Gasteiger partial charge is 0.160 e.